The van der Waals surface area contributed by atoms with Crippen LogP contribution in [0.1, 0.15) is 168 Å². The van der Waals surface area contributed by atoms with Crippen molar-refractivity contribution in [2.75, 3.05) is 168 Å². The first-order valence-electron chi connectivity index (χ1n) is 42.9. The average Bonchev–Trinajstić information content (AvgIpc) is 1.57. The Kier molecular flexibility index (Phi) is 38.1. The fraction of sp³-hybridized carbons (Fsp3) is 0.622. The molecule has 3 N–H and O–H groups in total. The van der Waals surface area contributed by atoms with Crippen LogP contribution in [0, 0.1) is 11.8 Å². The maximum atomic E-state index is 15.4. The lowest BCUT2D eigenvalue weighted by molar-refractivity contribution is -0.137. The van der Waals surface area contributed by atoms with Crippen LogP contribution in [-0.4, -0.2) is 277 Å². The van der Waals surface area contributed by atoms with E-state index in [2.05, 4.69) is 56.4 Å². The molecule has 0 aliphatic carbocycles. The van der Waals surface area contributed by atoms with E-state index in [1.165, 1.54) is 31.3 Å². The molecule has 8 rings (SSSR count). The zero-order chi connectivity index (χ0) is 90.6. The summed E-state index contributed by atoms with van der Waals surface area (Å²) in [4.78, 5) is 142. The Morgan fingerprint density at radius 1 is 0.556 bits per heavy atom. The van der Waals surface area contributed by atoms with Crippen molar-refractivity contribution < 1.29 is 119 Å². The van der Waals surface area contributed by atoms with Gasteiger partial charge in [0.05, 0.1) is 180 Å². The van der Waals surface area contributed by atoms with Crippen molar-refractivity contribution in [3.63, 3.8) is 0 Å². The lowest BCUT2D eigenvalue weighted by atomic mass is 9.92. The van der Waals surface area contributed by atoms with Gasteiger partial charge in [-0.1, -0.05) is 65.8 Å². The molecule has 0 aromatic heterocycles. The summed E-state index contributed by atoms with van der Waals surface area (Å²) in [6, 6.07) is 11.4. The maximum Gasteiger partial charge on any atom is 0.417 e. The molecular weight excluding hydrogens is 1620 g/mol. The van der Waals surface area contributed by atoms with Gasteiger partial charge in [-0.15, -0.1) is 0 Å². The molecule has 0 bridgehead atoms. The number of ether oxygens (including phenoxy) is 14. The molecule has 5 heterocycles. The highest BCUT2D eigenvalue weighted by Crippen LogP contribution is 2.48. The summed E-state index contributed by atoms with van der Waals surface area (Å²) < 4.78 is 88.4. The van der Waals surface area contributed by atoms with Crippen LogP contribution in [0.15, 0.2) is 79.0 Å². The number of ketones is 1. The molecule has 1 saturated heterocycles. The highest BCUT2D eigenvalue weighted by atomic mass is 28.4. The van der Waals surface area contributed by atoms with Gasteiger partial charge in [-0.05, 0) is 140 Å². The van der Waals surface area contributed by atoms with E-state index >= 15 is 9.59 Å². The molecular formula is C90H132N8O25Si. The standard InChI is InChI=1S/C90H132N8O25Si/c1-59(2)81(93-78(101)29-34-111-36-38-113-40-42-115-44-46-117-48-49-118-47-45-116-43-41-114-39-37-112-35-30-91-77(100)28-31-94-79(102)26-27-80(94)103)72(99)51-61(4)82(104)92-65-24-22-63(23-25-65)64-52-71-85(123-124(17,18)90(12,13)14)98(87(108)122-89(9,10)11)70-56-76(74(110-16)54-67(70)84(106)96(71)58-64)120-33-21-19-20-32-119-75-55-69-66(53-73(75)109-15)83(105)95-57-60(3)50-68(95)62(5)97(69)86(107)121-88(6,7)8/h22-27,53-56,58-59,61-62,68,71,81,85H,3,19-21,28-52,57H2,1-2,4-18H3,(H,91,100)(H,92,104)(H,93,101)/t61-,62+,68+,71+,81+,85+/m1/s1. The first-order valence-corrected chi connectivity index (χ1v) is 45.8. The van der Waals surface area contributed by atoms with Crippen molar-refractivity contribution in [2.45, 2.75) is 201 Å². The molecule has 5 aliphatic rings. The number of imide groups is 1. The Bertz CT molecular complexity index is 4190. The number of carbonyl (C=O) groups excluding carboxylic acids is 10. The van der Waals surface area contributed by atoms with Crippen LogP contribution in [0.4, 0.5) is 26.7 Å². The molecule has 0 spiro atoms. The van der Waals surface area contributed by atoms with Gasteiger partial charge >= 0.3 is 12.2 Å². The number of carbonyl (C=O) groups is 10. The lowest BCUT2D eigenvalue weighted by Crippen LogP contribution is -2.58. The second-order valence-electron chi connectivity index (χ2n) is 34.9. The van der Waals surface area contributed by atoms with Crippen LogP contribution in [-0.2, 0) is 80.6 Å². The number of fused-ring (bicyclic) bond motifs is 4. The van der Waals surface area contributed by atoms with Gasteiger partial charge in [0.1, 0.15) is 11.2 Å². The third kappa shape index (κ3) is 29.4. The van der Waals surface area contributed by atoms with E-state index in [-0.39, 0.29) is 134 Å². The number of rotatable bonds is 50. The van der Waals surface area contributed by atoms with Crippen molar-refractivity contribution >= 4 is 90.3 Å². The zero-order valence-electron chi connectivity index (χ0n) is 75.5. The summed E-state index contributed by atoms with van der Waals surface area (Å²) in [7, 11) is 0.165. The molecule has 0 radical (unpaired) electrons. The van der Waals surface area contributed by atoms with E-state index in [0.29, 0.717) is 148 Å². The van der Waals surface area contributed by atoms with Crippen molar-refractivity contribution in [3.05, 3.63) is 95.7 Å². The van der Waals surface area contributed by atoms with E-state index in [1.807, 2.05) is 32.9 Å². The molecule has 686 valence electrons. The summed E-state index contributed by atoms with van der Waals surface area (Å²) in [6.45, 7) is 39.2. The number of nitrogens with one attached hydrogen (secondary N) is 3. The van der Waals surface area contributed by atoms with E-state index in [0.717, 1.165) is 21.6 Å². The SMILES string of the molecule is C=C1C[C@H]2[C@H](C)N(C(=O)OC(C)(C)C)c3cc(OCCCCCOc4cc5c(cc4OC)C(=O)N4C=C(c6ccc(NC(=O)[C@H](C)CC(=O)[C@@H](NC(=O)CCOCCOCCOCCOCCOCCOCCOCCOCCNC(=O)CCN7C(=O)C=CC7=O)C(C)C)cc6)C[C@H]4[C@H](O[Si](C)(C)C(C)(C)C)N5C(=O)OC(C)(C)C)c(OC)cc3C(=O)N2C1. The maximum absolute atomic E-state index is 15.4. The van der Waals surface area contributed by atoms with Crippen LogP contribution in [0.25, 0.3) is 5.57 Å². The number of methoxy groups -OCH3 is 2. The topological polar surface area (TPSA) is 361 Å². The molecule has 3 aromatic carbocycles. The van der Waals surface area contributed by atoms with Crippen LogP contribution in [0.2, 0.25) is 18.1 Å². The van der Waals surface area contributed by atoms with Crippen LogP contribution in [0.3, 0.4) is 0 Å². The summed E-state index contributed by atoms with van der Waals surface area (Å²) in [6.07, 6.45) is 4.24. The van der Waals surface area contributed by atoms with Gasteiger partial charge in [0.15, 0.2) is 43.3 Å². The second-order valence-corrected chi connectivity index (χ2v) is 39.7. The van der Waals surface area contributed by atoms with E-state index < -0.39 is 85.6 Å². The molecule has 3 aromatic rings. The third-order valence-corrected chi connectivity index (χ3v) is 26.0. The third-order valence-electron chi connectivity index (χ3n) is 21.6. The Balaban J connectivity index is 0.750. The Morgan fingerprint density at radius 3 is 1.52 bits per heavy atom. The van der Waals surface area contributed by atoms with Crippen LogP contribution in [0.5, 0.6) is 23.0 Å². The van der Waals surface area contributed by atoms with Gasteiger partial charge in [-0.2, -0.15) is 0 Å². The number of hydrogen-bond donors (Lipinski definition) is 3. The van der Waals surface area contributed by atoms with Gasteiger partial charge in [0.25, 0.3) is 23.6 Å². The molecule has 9 amide bonds. The normalized spacial score (nSPS) is 17.7. The fourth-order valence-electron chi connectivity index (χ4n) is 14.0. The van der Waals surface area contributed by atoms with E-state index in [1.54, 1.807) is 106 Å². The highest BCUT2D eigenvalue weighted by Gasteiger charge is 2.52. The zero-order valence-corrected chi connectivity index (χ0v) is 76.5. The number of amides is 9. The molecule has 1 fully saturated rings. The number of Topliss-reactive ketones (excluding diaryl/α,β-unsaturated/α-hetero) is 1. The molecule has 34 heteroatoms. The van der Waals surface area contributed by atoms with Gasteiger partial charge < -0.3 is 96.5 Å². The first kappa shape index (κ1) is 100. The van der Waals surface area contributed by atoms with Crippen molar-refractivity contribution in [1.82, 2.24) is 25.3 Å². The van der Waals surface area contributed by atoms with Gasteiger partial charge in [-0.3, -0.25) is 48.2 Å². The minimum absolute atomic E-state index is 0.0118. The summed E-state index contributed by atoms with van der Waals surface area (Å²) in [5.41, 5.74) is 2.12. The van der Waals surface area contributed by atoms with Gasteiger partial charge in [-0.25, -0.2) is 14.5 Å². The molecule has 6 atom stereocenters. The average molecular weight is 1750 g/mol. The second kappa shape index (κ2) is 47.3. The Labute approximate surface area is 730 Å². The lowest BCUT2D eigenvalue weighted by Gasteiger charge is -2.44. The number of nitrogens with zero attached hydrogens (tertiary/aromatic N) is 5. The highest BCUT2D eigenvalue weighted by molar-refractivity contribution is 6.74. The monoisotopic (exact) mass is 1750 g/mol. The van der Waals surface area contributed by atoms with Gasteiger partial charge in [0.2, 0.25) is 17.7 Å². The molecule has 0 saturated carbocycles. The number of hydrogen-bond acceptors (Lipinski definition) is 25. The van der Waals surface area contributed by atoms with Crippen LogP contribution >= 0.6 is 0 Å². The van der Waals surface area contributed by atoms with Gasteiger partial charge in [0, 0.05) is 81.0 Å². The Hall–Kier alpha value is -9.36. The minimum Gasteiger partial charge on any atom is -0.493 e. The predicted octanol–water partition coefficient (Wildman–Crippen LogP) is 11.2. The molecule has 124 heavy (non-hydrogen) atoms. The molecule has 0 unspecified atom stereocenters. The summed E-state index contributed by atoms with van der Waals surface area (Å²) >= 11 is 0. The van der Waals surface area contributed by atoms with Crippen LogP contribution < -0.4 is 44.7 Å². The largest absolute Gasteiger partial charge is 0.493 e. The van der Waals surface area contributed by atoms with E-state index in [4.69, 9.17) is 70.7 Å². The number of unbranched alkanes of at least 4 members (excludes halogenated alkanes) is 2. The number of anilines is 3. The molecule has 33 nitrogen and oxygen atoms in total. The Morgan fingerprint density at radius 2 is 1.03 bits per heavy atom. The summed E-state index contributed by atoms with van der Waals surface area (Å²) in [5.74, 6) is -2.62. The predicted molar refractivity (Wildman–Crippen MR) is 466 cm³/mol. The van der Waals surface area contributed by atoms with Crippen molar-refractivity contribution in [3.8, 4) is 23.0 Å². The molecule has 5 aliphatic heterocycles. The minimum atomic E-state index is -2.81. The van der Waals surface area contributed by atoms with Crippen molar-refractivity contribution in [1.29, 1.82) is 0 Å². The summed E-state index contributed by atoms with van der Waals surface area (Å²) in [5, 5.41) is 8.12. The number of benzene rings is 3. The smallest absolute Gasteiger partial charge is 0.417 e. The van der Waals surface area contributed by atoms with Crippen molar-refractivity contribution in [2.24, 2.45) is 11.8 Å². The fourth-order valence-corrected chi connectivity index (χ4v) is 15.2. The first-order chi connectivity index (χ1) is 58.8. The van der Waals surface area contributed by atoms with E-state index in [9.17, 15) is 38.4 Å². The quantitative estimate of drug-likeness (QED) is 0.0204.